The number of ketones is 1. The molecule has 0 heterocycles. The van der Waals surface area contributed by atoms with Crippen molar-refractivity contribution in [3.8, 4) is 0 Å². The van der Waals surface area contributed by atoms with Crippen molar-refractivity contribution in [1.29, 1.82) is 0 Å². The third-order valence-corrected chi connectivity index (χ3v) is 4.51. The molecule has 4 nitrogen and oxygen atoms in total. The van der Waals surface area contributed by atoms with Crippen LogP contribution in [0.2, 0.25) is 0 Å². The topological polar surface area (TPSA) is 74.6 Å². The van der Waals surface area contributed by atoms with E-state index in [0.29, 0.717) is 0 Å². The number of hydrogen-bond donors (Lipinski definition) is 2. The highest BCUT2D eigenvalue weighted by atomic mass is 16.4. The maximum absolute atomic E-state index is 11.7. The molecule has 2 N–H and O–H groups in total. The van der Waals surface area contributed by atoms with E-state index in [9.17, 15) is 14.7 Å². The minimum atomic E-state index is -0.737. The van der Waals surface area contributed by atoms with Crippen LogP contribution in [-0.4, -0.2) is 28.1 Å². The van der Waals surface area contributed by atoms with E-state index < -0.39 is 5.97 Å². The third-order valence-electron chi connectivity index (χ3n) is 4.51. The van der Waals surface area contributed by atoms with Gasteiger partial charge in [0.25, 0.3) is 0 Å². The Kier molecular flexibility index (Phi) is 14.1. The number of carboxylic acid groups (broad SMARTS) is 1. The van der Waals surface area contributed by atoms with Crippen molar-refractivity contribution in [1.82, 2.24) is 0 Å². The van der Waals surface area contributed by atoms with Crippen LogP contribution in [0.1, 0.15) is 97.3 Å². The van der Waals surface area contributed by atoms with Crippen molar-refractivity contribution < 1.29 is 19.8 Å². The molecule has 136 valence electrons. The molecule has 0 unspecified atom stereocenters. The fraction of sp³-hybridized carbons (Fsp3) is 0.895. The van der Waals surface area contributed by atoms with Gasteiger partial charge in [-0.15, -0.1) is 0 Å². The van der Waals surface area contributed by atoms with Gasteiger partial charge in [-0.1, -0.05) is 51.9 Å². The van der Waals surface area contributed by atoms with Crippen LogP contribution in [0.4, 0.5) is 0 Å². The Hall–Kier alpha value is -0.900. The highest BCUT2D eigenvalue weighted by Crippen LogP contribution is 2.20. The van der Waals surface area contributed by atoms with Crippen LogP contribution in [0.3, 0.4) is 0 Å². The molecule has 0 amide bonds. The number of Topliss-reactive ketones (excluding diaryl/α,β-unsaturated/α-hetero) is 1. The first-order valence-corrected chi connectivity index (χ1v) is 9.37. The van der Waals surface area contributed by atoms with E-state index in [1.807, 2.05) is 0 Å². The van der Waals surface area contributed by atoms with E-state index in [1.54, 1.807) is 6.92 Å². The second kappa shape index (κ2) is 14.7. The molecule has 0 spiro atoms. The zero-order valence-electron chi connectivity index (χ0n) is 15.1. The lowest BCUT2D eigenvalue weighted by Gasteiger charge is -2.16. The normalized spacial score (nSPS) is 13.7. The lowest BCUT2D eigenvalue weighted by atomic mass is 9.90. The van der Waals surface area contributed by atoms with E-state index in [-0.39, 0.29) is 24.2 Å². The molecule has 0 aliphatic carbocycles. The second-order valence-corrected chi connectivity index (χ2v) is 6.73. The molecule has 0 aliphatic rings. The van der Waals surface area contributed by atoms with Gasteiger partial charge in [-0.3, -0.25) is 9.59 Å². The van der Waals surface area contributed by atoms with Crippen molar-refractivity contribution >= 4 is 11.8 Å². The molecular weight excluding hydrogens is 292 g/mol. The summed E-state index contributed by atoms with van der Waals surface area (Å²) in [4.78, 5) is 22.1. The summed E-state index contributed by atoms with van der Waals surface area (Å²) in [5.74, 6) is -0.465. The first-order valence-electron chi connectivity index (χ1n) is 9.37. The predicted molar refractivity (Wildman–Crippen MR) is 93.5 cm³/mol. The second-order valence-electron chi connectivity index (χ2n) is 6.73. The highest BCUT2D eigenvalue weighted by Gasteiger charge is 2.16. The lowest BCUT2D eigenvalue weighted by molar-refractivity contribution is -0.137. The van der Waals surface area contributed by atoms with Gasteiger partial charge in [-0.25, -0.2) is 0 Å². The maximum atomic E-state index is 11.7. The van der Waals surface area contributed by atoms with Crippen molar-refractivity contribution in [2.24, 2.45) is 5.92 Å². The average Bonchev–Trinajstić information content (AvgIpc) is 2.49. The fourth-order valence-corrected chi connectivity index (χ4v) is 2.92. The molecule has 0 aromatic rings. The largest absolute Gasteiger partial charge is 0.481 e. The number of hydrogen-bond acceptors (Lipinski definition) is 3. The maximum Gasteiger partial charge on any atom is 0.303 e. The van der Waals surface area contributed by atoms with Crippen LogP contribution in [0.25, 0.3) is 0 Å². The lowest BCUT2D eigenvalue weighted by Crippen LogP contribution is -2.15. The molecule has 0 fully saturated rings. The van der Waals surface area contributed by atoms with Gasteiger partial charge in [0.1, 0.15) is 5.78 Å². The van der Waals surface area contributed by atoms with Gasteiger partial charge in [0.2, 0.25) is 0 Å². The van der Waals surface area contributed by atoms with Crippen LogP contribution in [-0.2, 0) is 9.59 Å². The fourth-order valence-electron chi connectivity index (χ4n) is 2.92. The van der Waals surface area contributed by atoms with Gasteiger partial charge >= 0.3 is 5.97 Å². The van der Waals surface area contributed by atoms with E-state index in [4.69, 9.17) is 5.11 Å². The molecule has 0 radical (unpaired) electrons. The van der Waals surface area contributed by atoms with Crippen LogP contribution in [0.5, 0.6) is 0 Å². The molecule has 0 aromatic heterocycles. The van der Waals surface area contributed by atoms with Crippen molar-refractivity contribution in [3.63, 3.8) is 0 Å². The van der Waals surface area contributed by atoms with Crippen LogP contribution in [0, 0.1) is 5.92 Å². The van der Waals surface area contributed by atoms with Gasteiger partial charge < -0.3 is 10.2 Å². The average molecular weight is 328 g/mol. The van der Waals surface area contributed by atoms with Gasteiger partial charge in [-0.2, -0.15) is 0 Å². The number of carbonyl (C=O) groups excluding carboxylic acids is 1. The van der Waals surface area contributed by atoms with E-state index >= 15 is 0 Å². The Labute approximate surface area is 141 Å². The molecule has 0 saturated carbocycles. The van der Waals surface area contributed by atoms with Crippen LogP contribution in [0.15, 0.2) is 0 Å². The highest BCUT2D eigenvalue weighted by molar-refractivity contribution is 5.78. The van der Waals surface area contributed by atoms with Gasteiger partial charge in [0.05, 0.1) is 6.10 Å². The summed E-state index contributed by atoms with van der Waals surface area (Å²) < 4.78 is 0. The van der Waals surface area contributed by atoms with Gasteiger partial charge in [-0.05, 0) is 39.0 Å². The van der Waals surface area contributed by atoms with E-state index in [0.717, 1.165) is 57.8 Å². The number of carbonyl (C=O) groups is 2. The summed E-state index contributed by atoms with van der Waals surface area (Å²) in [7, 11) is 0. The molecule has 0 saturated heterocycles. The Balaban J connectivity index is 3.76. The minimum absolute atomic E-state index is 0.0553. The summed E-state index contributed by atoms with van der Waals surface area (Å²) in [6.07, 6.45) is 11.4. The van der Waals surface area contributed by atoms with Crippen molar-refractivity contribution in [2.45, 2.75) is 103 Å². The van der Waals surface area contributed by atoms with Crippen LogP contribution >= 0.6 is 0 Å². The molecule has 0 rings (SSSR count). The third kappa shape index (κ3) is 14.4. The van der Waals surface area contributed by atoms with E-state index in [2.05, 4.69) is 6.92 Å². The summed E-state index contributed by atoms with van der Waals surface area (Å²) >= 11 is 0. The molecule has 4 heteroatoms. The zero-order valence-corrected chi connectivity index (χ0v) is 15.1. The summed E-state index contributed by atoms with van der Waals surface area (Å²) in [6, 6.07) is 0. The Morgan fingerprint density at radius 3 is 2.04 bits per heavy atom. The number of carboxylic acids is 1. The molecular formula is C19H36O4. The molecule has 0 aliphatic heterocycles. The van der Waals surface area contributed by atoms with Crippen molar-refractivity contribution in [3.05, 3.63) is 0 Å². The summed E-state index contributed by atoms with van der Waals surface area (Å²) in [6.45, 7) is 3.82. The standard InChI is InChI=1S/C19H36O4/c1-3-4-5-9-12-18(21)15-14-17(16(2)20)11-8-6-7-10-13-19(22)23/h17-18,21H,3-15H2,1-2H3,(H,22,23)/t17-,18+/m1/s1. The Morgan fingerprint density at radius 2 is 1.43 bits per heavy atom. The monoisotopic (exact) mass is 328 g/mol. The molecule has 23 heavy (non-hydrogen) atoms. The SMILES string of the molecule is CCCCCC[C@H](O)CC[C@@H](CCCCCCC(=O)O)C(C)=O. The first kappa shape index (κ1) is 22.1. The number of aliphatic hydroxyl groups excluding tert-OH is 1. The summed E-state index contributed by atoms with van der Waals surface area (Å²) in [5.41, 5.74) is 0. The number of rotatable bonds is 16. The predicted octanol–water partition coefficient (Wildman–Crippen LogP) is 4.73. The number of aliphatic hydroxyl groups is 1. The van der Waals surface area contributed by atoms with Crippen LogP contribution < -0.4 is 0 Å². The smallest absolute Gasteiger partial charge is 0.303 e. The molecule has 0 aromatic carbocycles. The number of unbranched alkanes of at least 4 members (excludes halogenated alkanes) is 6. The number of aliphatic carboxylic acids is 1. The minimum Gasteiger partial charge on any atom is -0.481 e. The Morgan fingerprint density at radius 1 is 0.826 bits per heavy atom. The quantitative estimate of drug-likeness (QED) is 0.402. The van der Waals surface area contributed by atoms with Gasteiger partial charge in [0.15, 0.2) is 0 Å². The molecule has 0 bridgehead atoms. The summed E-state index contributed by atoms with van der Waals surface area (Å²) in [5, 5.41) is 18.6. The Bertz CT molecular complexity index is 314. The zero-order chi connectivity index (χ0) is 17.5. The first-order chi connectivity index (χ1) is 11.0. The van der Waals surface area contributed by atoms with Crippen molar-refractivity contribution in [2.75, 3.05) is 0 Å². The van der Waals surface area contributed by atoms with Gasteiger partial charge in [0, 0.05) is 12.3 Å². The van der Waals surface area contributed by atoms with E-state index in [1.165, 1.54) is 19.3 Å². The molecule has 2 atom stereocenters.